The van der Waals surface area contributed by atoms with Crippen LogP contribution in [-0.2, 0) is 4.74 Å². The van der Waals surface area contributed by atoms with Crippen molar-refractivity contribution in [1.82, 2.24) is 5.32 Å². The Morgan fingerprint density at radius 2 is 1.90 bits per heavy atom. The van der Waals surface area contributed by atoms with Gasteiger partial charge >= 0.3 is 0 Å². The molecule has 0 aliphatic heterocycles. The SMILES string of the molecule is CCCNC(CO)(COC1CCC(C)C(C)C1)C1CC1. The Kier molecular flexibility index (Phi) is 5.88. The Hall–Kier alpha value is -0.120. The molecule has 2 rings (SSSR count). The number of rotatable bonds is 8. The van der Waals surface area contributed by atoms with E-state index >= 15 is 0 Å². The molecule has 0 aromatic rings. The van der Waals surface area contributed by atoms with Gasteiger partial charge in [-0.3, -0.25) is 0 Å². The first-order chi connectivity index (χ1) is 9.61. The lowest BCUT2D eigenvalue weighted by atomic mass is 9.80. The minimum absolute atomic E-state index is 0.178. The Morgan fingerprint density at radius 1 is 1.15 bits per heavy atom. The number of ether oxygens (including phenoxy) is 1. The van der Waals surface area contributed by atoms with Gasteiger partial charge < -0.3 is 15.2 Å². The summed E-state index contributed by atoms with van der Waals surface area (Å²) < 4.78 is 6.23. The van der Waals surface area contributed by atoms with Gasteiger partial charge in [0.2, 0.25) is 0 Å². The molecule has 0 saturated heterocycles. The highest BCUT2D eigenvalue weighted by atomic mass is 16.5. The molecule has 118 valence electrons. The van der Waals surface area contributed by atoms with Crippen LogP contribution in [0.1, 0.15) is 59.3 Å². The Labute approximate surface area is 124 Å². The molecule has 0 bridgehead atoms. The molecular formula is C17H33NO2. The van der Waals surface area contributed by atoms with Gasteiger partial charge in [-0.25, -0.2) is 0 Å². The molecule has 2 saturated carbocycles. The lowest BCUT2D eigenvalue weighted by Crippen LogP contribution is -2.55. The van der Waals surface area contributed by atoms with Crippen LogP contribution in [0.4, 0.5) is 0 Å². The smallest absolute Gasteiger partial charge is 0.0679 e. The first-order valence-corrected chi connectivity index (χ1v) is 8.58. The number of aliphatic hydroxyl groups is 1. The normalized spacial score (nSPS) is 33.9. The zero-order chi connectivity index (χ0) is 14.6. The van der Waals surface area contributed by atoms with E-state index in [4.69, 9.17) is 4.74 Å². The van der Waals surface area contributed by atoms with Gasteiger partial charge in [0.1, 0.15) is 0 Å². The van der Waals surface area contributed by atoms with E-state index in [9.17, 15) is 5.11 Å². The number of hydrogen-bond acceptors (Lipinski definition) is 3. The zero-order valence-corrected chi connectivity index (χ0v) is 13.5. The molecule has 2 aliphatic carbocycles. The van der Waals surface area contributed by atoms with Gasteiger partial charge in [0, 0.05) is 0 Å². The van der Waals surface area contributed by atoms with E-state index in [1.165, 1.54) is 32.1 Å². The van der Waals surface area contributed by atoms with Crippen molar-refractivity contribution in [1.29, 1.82) is 0 Å². The van der Waals surface area contributed by atoms with E-state index in [1.54, 1.807) is 0 Å². The number of aliphatic hydroxyl groups excluding tert-OH is 1. The summed E-state index contributed by atoms with van der Waals surface area (Å²) in [6.07, 6.45) is 7.62. The maximum atomic E-state index is 9.89. The molecule has 2 aliphatic rings. The van der Waals surface area contributed by atoms with Crippen LogP contribution in [-0.4, -0.2) is 36.5 Å². The van der Waals surface area contributed by atoms with Crippen molar-refractivity contribution in [3.63, 3.8) is 0 Å². The molecule has 3 heteroatoms. The maximum absolute atomic E-state index is 9.89. The van der Waals surface area contributed by atoms with Gasteiger partial charge in [0.25, 0.3) is 0 Å². The van der Waals surface area contributed by atoms with Gasteiger partial charge in [-0.05, 0) is 62.8 Å². The van der Waals surface area contributed by atoms with Crippen LogP contribution in [0.25, 0.3) is 0 Å². The maximum Gasteiger partial charge on any atom is 0.0679 e. The summed E-state index contributed by atoms with van der Waals surface area (Å²) in [6, 6.07) is 0. The van der Waals surface area contributed by atoms with E-state index in [0.717, 1.165) is 24.8 Å². The fourth-order valence-corrected chi connectivity index (χ4v) is 3.47. The van der Waals surface area contributed by atoms with Crippen molar-refractivity contribution < 1.29 is 9.84 Å². The molecule has 0 spiro atoms. The third kappa shape index (κ3) is 3.96. The molecule has 0 aromatic heterocycles. The van der Waals surface area contributed by atoms with E-state index in [0.29, 0.717) is 18.6 Å². The summed E-state index contributed by atoms with van der Waals surface area (Å²) in [6.45, 7) is 8.73. The predicted octanol–water partition coefficient (Wildman–Crippen LogP) is 2.97. The lowest BCUT2D eigenvalue weighted by Gasteiger charge is -2.37. The molecule has 2 N–H and O–H groups in total. The monoisotopic (exact) mass is 283 g/mol. The minimum atomic E-state index is -0.178. The molecule has 3 nitrogen and oxygen atoms in total. The second-order valence-electron chi connectivity index (χ2n) is 7.22. The van der Waals surface area contributed by atoms with Gasteiger partial charge in [-0.1, -0.05) is 20.8 Å². The lowest BCUT2D eigenvalue weighted by molar-refractivity contribution is -0.0453. The molecule has 0 amide bonds. The Balaban J connectivity index is 1.85. The Morgan fingerprint density at radius 3 is 2.45 bits per heavy atom. The predicted molar refractivity (Wildman–Crippen MR) is 82.8 cm³/mol. The first kappa shape index (κ1) is 16.3. The summed E-state index contributed by atoms with van der Waals surface area (Å²) in [7, 11) is 0. The van der Waals surface area contributed by atoms with Crippen molar-refractivity contribution >= 4 is 0 Å². The highest BCUT2D eigenvalue weighted by molar-refractivity contribution is 5.01. The standard InChI is InChI=1S/C17H33NO2/c1-4-9-18-17(11-19,15-6-7-15)12-20-16-8-5-13(2)14(3)10-16/h13-16,18-19H,4-12H2,1-3H3. The largest absolute Gasteiger partial charge is 0.394 e. The summed E-state index contributed by atoms with van der Waals surface area (Å²) in [5.41, 5.74) is -0.178. The topological polar surface area (TPSA) is 41.5 Å². The van der Waals surface area contributed by atoms with Crippen LogP contribution in [0.5, 0.6) is 0 Å². The summed E-state index contributed by atoms with van der Waals surface area (Å²) in [4.78, 5) is 0. The fraction of sp³-hybridized carbons (Fsp3) is 1.00. The van der Waals surface area contributed by atoms with Crippen LogP contribution < -0.4 is 5.32 Å². The Bertz CT molecular complexity index is 293. The van der Waals surface area contributed by atoms with E-state index in [2.05, 4.69) is 26.1 Å². The van der Waals surface area contributed by atoms with E-state index < -0.39 is 0 Å². The summed E-state index contributed by atoms with van der Waals surface area (Å²) in [5, 5.41) is 13.5. The molecule has 0 radical (unpaired) electrons. The third-order valence-corrected chi connectivity index (χ3v) is 5.49. The van der Waals surface area contributed by atoms with Gasteiger partial charge in [-0.15, -0.1) is 0 Å². The average molecular weight is 283 g/mol. The van der Waals surface area contributed by atoms with Crippen LogP contribution in [0.15, 0.2) is 0 Å². The third-order valence-electron chi connectivity index (χ3n) is 5.49. The molecular weight excluding hydrogens is 250 g/mol. The van der Waals surface area contributed by atoms with Crippen molar-refractivity contribution in [2.45, 2.75) is 70.9 Å². The molecule has 4 atom stereocenters. The average Bonchev–Trinajstić information content (AvgIpc) is 3.28. The van der Waals surface area contributed by atoms with Crippen molar-refractivity contribution in [3.8, 4) is 0 Å². The van der Waals surface area contributed by atoms with Gasteiger partial charge in [0.15, 0.2) is 0 Å². The molecule has 4 unspecified atom stereocenters. The highest BCUT2D eigenvalue weighted by Gasteiger charge is 2.45. The molecule has 20 heavy (non-hydrogen) atoms. The van der Waals surface area contributed by atoms with Crippen LogP contribution in [0.3, 0.4) is 0 Å². The molecule has 2 fully saturated rings. The quantitative estimate of drug-likeness (QED) is 0.719. The van der Waals surface area contributed by atoms with Crippen LogP contribution in [0.2, 0.25) is 0 Å². The second-order valence-corrected chi connectivity index (χ2v) is 7.22. The minimum Gasteiger partial charge on any atom is -0.394 e. The van der Waals surface area contributed by atoms with Gasteiger partial charge in [0.05, 0.1) is 24.9 Å². The second kappa shape index (κ2) is 7.24. The van der Waals surface area contributed by atoms with Crippen LogP contribution in [0, 0.1) is 17.8 Å². The number of hydrogen-bond donors (Lipinski definition) is 2. The van der Waals surface area contributed by atoms with Crippen molar-refractivity contribution in [2.75, 3.05) is 19.8 Å². The molecule has 0 heterocycles. The van der Waals surface area contributed by atoms with Crippen molar-refractivity contribution in [3.05, 3.63) is 0 Å². The van der Waals surface area contributed by atoms with Crippen molar-refractivity contribution in [2.24, 2.45) is 17.8 Å². The van der Waals surface area contributed by atoms with Crippen LogP contribution >= 0.6 is 0 Å². The van der Waals surface area contributed by atoms with Gasteiger partial charge in [-0.2, -0.15) is 0 Å². The fourth-order valence-electron chi connectivity index (χ4n) is 3.47. The highest BCUT2D eigenvalue weighted by Crippen LogP contribution is 2.40. The molecule has 0 aromatic carbocycles. The van der Waals surface area contributed by atoms with E-state index in [-0.39, 0.29) is 12.1 Å². The van der Waals surface area contributed by atoms with E-state index in [1.807, 2.05) is 0 Å². The summed E-state index contributed by atoms with van der Waals surface area (Å²) >= 11 is 0. The first-order valence-electron chi connectivity index (χ1n) is 8.58. The summed E-state index contributed by atoms with van der Waals surface area (Å²) in [5.74, 6) is 2.21. The zero-order valence-electron chi connectivity index (χ0n) is 13.5. The number of nitrogens with one attached hydrogen (secondary N) is 1.